The molecular formula is C16H22ClN3O2. The third kappa shape index (κ3) is 6.74. The molecule has 0 saturated carbocycles. The first-order valence-electron chi connectivity index (χ1n) is 7.18. The van der Waals surface area contributed by atoms with Crippen LogP contribution in [0.2, 0.25) is 5.02 Å². The van der Waals surface area contributed by atoms with Crippen molar-refractivity contribution in [3.05, 3.63) is 47.4 Å². The standard InChI is InChI=1S/C14H16ClN3O2.C2H6/c1-10-4-13(7-17-5-10)19-8-12(16)9-20-14-3-2-11(15)6-18-14;1-2/h2-7,12H,8-9,16H2,1H3;1-2H3. The lowest BCUT2D eigenvalue weighted by molar-refractivity contribution is 0.215. The van der Waals surface area contributed by atoms with E-state index < -0.39 is 0 Å². The molecule has 2 aromatic heterocycles. The predicted molar refractivity (Wildman–Crippen MR) is 88.5 cm³/mol. The normalized spacial score (nSPS) is 11.1. The average molecular weight is 324 g/mol. The minimum Gasteiger partial charge on any atom is -0.490 e. The molecule has 1 atom stereocenters. The molecule has 2 rings (SSSR count). The molecule has 2 aromatic rings. The molecule has 2 N–H and O–H groups in total. The lowest BCUT2D eigenvalue weighted by atomic mass is 10.3. The predicted octanol–water partition coefficient (Wildman–Crippen LogP) is 3.25. The zero-order valence-corrected chi connectivity index (χ0v) is 13.9. The van der Waals surface area contributed by atoms with Gasteiger partial charge < -0.3 is 15.2 Å². The van der Waals surface area contributed by atoms with Crippen LogP contribution >= 0.6 is 11.6 Å². The number of pyridine rings is 2. The molecule has 0 radical (unpaired) electrons. The first-order valence-corrected chi connectivity index (χ1v) is 7.55. The Morgan fingerprint density at radius 2 is 1.86 bits per heavy atom. The second kappa shape index (κ2) is 9.97. The zero-order chi connectivity index (χ0) is 16.4. The summed E-state index contributed by atoms with van der Waals surface area (Å²) >= 11 is 5.74. The van der Waals surface area contributed by atoms with Gasteiger partial charge in [0.15, 0.2) is 0 Å². The highest BCUT2D eigenvalue weighted by molar-refractivity contribution is 6.30. The molecular weight excluding hydrogens is 302 g/mol. The van der Waals surface area contributed by atoms with E-state index >= 15 is 0 Å². The number of nitrogens with two attached hydrogens (primary N) is 1. The summed E-state index contributed by atoms with van der Waals surface area (Å²) in [6.45, 7) is 6.61. The fourth-order valence-electron chi connectivity index (χ4n) is 1.50. The van der Waals surface area contributed by atoms with E-state index in [9.17, 15) is 0 Å². The van der Waals surface area contributed by atoms with Crippen molar-refractivity contribution in [2.24, 2.45) is 5.73 Å². The van der Waals surface area contributed by atoms with Crippen LogP contribution in [0, 0.1) is 6.92 Å². The summed E-state index contributed by atoms with van der Waals surface area (Å²) in [7, 11) is 0. The Balaban J connectivity index is 0.00000116. The Bertz CT molecular complexity index is 549. The second-order valence-corrected chi connectivity index (χ2v) is 4.83. The number of hydrogen-bond acceptors (Lipinski definition) is 5. The van der Waals surface area contributed by atoms with Crippen molar-refractivity contribution in [3.8, 4) is 11.6 Å². The van der Waals surface area contributed by atoms with Gasteiger partial charge in [0, 0.05) is 18.5 Å². The molecule has 22 heavy (non-hydrogen) atoms. The van der Waals surface area contributed by atoms with E-state index in [1.807, 2.05) is 26.8 Å². The highest BCUT2D eigenvalue weighted by Gasteiger charge is 2.06. The smallest absolute Gasteiger partial charge is 0.213 e. The molecule has 0 spiro atoms. The number of ether oxygens (including phenoxy) is 2. The van der Waals surface area contributed by atoms with E-state index in [-0.39, 0.29) is 6.04 Å². The SMILES string of the molecule is CC.Cc1cncc(OCC(N)COc2ccc(Cl)cn2)c1. The van der Waals surface area contributed by atoms with Gasteiger partial charge in [0.05, 0.1) is 17.3 Å². The van der Waals surface area contributed by atoms with Gasteiger partial charge in [0.2, 0.25) is 5.88 Å². The molecule has 0 aliphatic heterocycles. The average Bonchev–Trinajstić information content (AvgIpc) is 2.54. The maximum Gasteiger partial charge on any atom is 0.213 e. The van der Waals surface area contributed by atoms with Crippen LogP contribution in [0.3, 0.4) is 0 Å². The Labute approximate surface area is 136 Å². The van der Waals surface area contributed by atoms with Crippen LogP contribution in [0.1, 0.15) is 19.4 Å². The van der Waals surface area contributed by atoms with Crippen LogP contribution in [0.15, 0.2) is 36.8 Å². The Hall–Kier alpha value is -1.85. The van der Waals surface area contributed by atoms with Gasteiger partial charge in [0.1, 0.15) is 19.0 Å². The van der Waals surface area contributed by atoms with E-state index in [0.717, 1.165) is 5.56 Å². The third-order valence-corrected chi connectivity index (χ3v) is 2.68. The van der Waals surface area contributed by atoms with E-state index in [1.165, 1.54) is 6.20 Å². The van der Waals surface area contributed by atoms with Crippen molar-refractivity contribution >= 4 is 11.6 Å². The summed E-state index contributed by atoms with van der Waals surface area (Å²) in [5.41, 5.74) is 6.95. The molecule has 2 heterocycles. The van der Waals surface area contributed by atoms with Gasteiger partial charge in [-0.3, -0.25) is 4.98 Å². The quantitative estimate of drug-likeness (QED) is 0.883. The van der Waals surface area contributed by atoms with Gasteiger partial charge in [-0.2, -0.15) is 0 Å². The van der Waals surface area contributed by atoms with Crippen molar-refractivity contribution in [1.82, 2.24) is 9.97 Å². The summed E-state index contributed by atoms with van der Waals surface area (Å²) < 4.78 is 11.0. The van der Waals surface area contributed by atoms with Crippen molar-refractivity contribution in [1.29, 1.82) is 0 Å². The van der Waals surface area contributed by atoms with Crippen LogP contribution in [-0.4, -0.2) is 29.2 Å². The first kappa shape index (κ1) is 18.2. The van der Waals surface area contributed by atoms with Crippen LogP contribution in [-0.2, 0) is 0 Å². The van der Waals surface area contributed by atoms with E-state index in [4.69, 9.17) is 26.8 Å². The molecule has 0 aromatic carbocycles. The van der Waals surface area contributed by atoms with Gasteiger partial charge in [-0.15, -0.1) is 0 Å². The number of nitrogens with zero attached hydrogens (tertiary/aromatic N) is 2. The molecule has 0 bridgehead atoms. The summed E-state index contributed by atoms with van der Waals surface area (Å²) in [6, 6.07) is 5.06. The minimum absolute atomic E-state index is 0.256. The molecule has 120 valence electrons. The summed E-state index contributed by atoms with van der Waals surface area (Å²) in [6.07, 6.45) is 4.95. The number of hydrogen-bond donors (Lipinski definition) is 1. The van der Waals surface area contributed by atoms with Gasteiger partial charge in [-0.25, -0.2) is 4.98 Å². The Morgan fingerprint density at radius 1 is 1.14 bits per heavy atom. The Morgan fingerprint density at radius 3 is 2.50 bits per heavy atom. The molecule has 0 amide bonds. The Kier molecular flexibility index (Phi) is 8.25. The largest absolute Gasteiger partial charge is 0.490 e. The lowest BCUT2D eigenvalue weighted by Gasteiger charge is -2.14. The fourth-order valence-corrected chi connectivity index (χ4v) is 1.61. The van der Waals surface area contributed by atoms with Crippen molar-refractivity contribution < 1.29 is 9.47 Å². The topological polar surface area (TPSA) is 70.3 Å². The number of halogens is 1. The van der Waals surface area contributed by atoms with Crippen molar-refractivity contribution in [2.75, 3.05) is 13.2 Å². The van der Waals surface area contributed by atoms with Crippen molar-refractivity contribution in [2.45, 2.75) is 26.8 Å². The summed E-state index contributed by atoms with van der Waals surface area (Å²) in [5.74, 6) is 1.19. The molecule has 0 aliphatic carbocycles. The van der Waals surface area contributed by atoms with Crippen LogP contribution < -0.4 is 15.2 Å². The second-order valence-electron chi connectivity index (χ2n) is 4.39. The van der Waals surface area contributed by atoms with E-state index in [1.54, 1.807) is 24.5 Å². The number of aromatic nitrogens is 2. The van der Waals surface area contributed by atoms with Crippen LogP contribution in [0.5, 0.6) is 11.6 Å². The fraction of sp³-hybridized carbons (Fsp3) is 0.375. The maximum absolute atomic E-state index is 5.91. The molecule has 6 heteroatoms. The first-order chi connectivity index (χ1) is 10.6. The van der Waals surface area contributed by atoms with E-state index in [2.05, 4.69) is 9.97 Å². The molecule has 5 nitrogen and oxygen atoms in total. The number of aryl methyl sites for hydroxylation is 1. The summed E-state index contributed by atoms with van der Waals surface area (Å²) in [5, 5.41) is 0.567. The van der Waals surface area contributed by atoms with Gasteiger partial charge in [-0.05, 0) is 24.6 Å². The van der Waals surface area contributed by atoms with Gasteiger partial charge in [-0.1, -0.05) is 25.4 Å². The third-order valence-electron chi connectivity index (χ3n) is 2.46. The van der Waals surface area contributed by atoms with Gasteiger partial charge >= 0.3 is 0 Å². The van der Waals surface area contributed by atoms with Gasteiger partial charge in [0.25, 0.3) is 0 Å². The molecule has 0 aliphatic rings. The summed E-state index contributed by atoms with van der Waals surface area (Å²) in [4.78, 5) is 8.06. The van der Waals surface area contributed by atoms with Crippen LogP contribution in [0.25, 0.3) is 0 Å². The molecule has 0 saturated heterocycles. The highest BCUT2D eigenvalue weighted by Crippen LogP contribution is 2.12. The maximum atomic E-state index is 5.91. The van der Waals surface area contributed by atoms with Crippen LogP contribution in [0.4, 0.5) is 0 Å². The highest BCUT2D eigenvalue weighted by atomic mass is 35.5. The van der Waals surface area contributed by atoms with E-state index in [0.29, 0.717) is 29.9 Å². The van der Waals surface area contributed by atoms with Crippen molar-refractivity contribution in [3.63, 3.8) is 0 Å². The molecule has 1 unspecified atom stereocenters. The monoisotopic (exact) mass is 323 g/mol. The molecule has 0 fully saturated rings. The lowest BCUT2D eigenvalue weighted by Crippen LogP contribution is -2.34. The minimum atomic E-state index is -0.256. The number of rotatable bonds is 6. The zero-order valence-electron chi connectivity index (χ0n) is 13.1.